The van der Waals surface area contributed by atoms with Crippen LogP contribution in [0.2, 0.25) is 0 Å². The monoisotopic (exact) mass is 264 g/mol. The van der Waals surface area contributed by atoms with Crippen LogP contribution >= 0.6 is 0 Å². The average molecular weight is 264 g/mol. The number of carbonyl (C=O) groups excluding carboxylic acids is 1. The van der Waals surface area contributed by atoms with Gasteiger partial charge < -0.3 is 4.74 Å². The number of ether oxygens (including phenoxy) is 1. The Hall–Kier alpha value is -1.08. The zero-order chi connectivity index (χ0) is 13.7. The zero-order valence-corrected chi connectivity index (χ0v) is 11.8. The second kappa shape index (κ2) is 6.91. The van der Waals surface area contributed by atoms with Crippen molar-refractivity contribution in [3.8, 4) is 6.07 Å². The molecule has 1 saturated heterocycles. The molecular formula is C15H24N2O2. The normalized spacial score (nSPS) is 32.5. The third-order valence-corrected chi connectivity index (χ3v) is 4.44. The predicted octanol–water partition coefficient (Wildman–Crippen LogP) is 2.34. The van der Waals surface area contributed by atoms with E-state index < -0.39 is 0 Å². The van der Waals surface area contributed by atoms with E-state index in [0.29, 0.717) is 12.6 Å². The van der Waals surface area contributed by atoms with Crippen molar-refractivity contribution in [2.24, 2.45) is 11.8 Å². The summed E-state index contributed by atoms with van der Waals surface area (Å²) in [6.07, 6.45) is 6.47. The average Bonchev–Trinajstić information content (AvgIpc) is 2.47. The van der Waals surface area contributed by atoms with Crippen LogP contribution in [0.15, 0.2) is 0 Å². The Morgan fingerprint density at radius 3 is 2.84 bits per heavy atom. The second-order valence-corrected chi connectivity index (χ2v) is 5.67. The fraction of sp³-hybridized carbons (Fsp3) is 0.867. The number of esters is 1. The highest BCUT2D eigenvalue weighted by molar-refractivity contribution is 5.72. The van der Waals surface area contributed by atoms with Crippen LogP contribution in [0, 0.1) is 23.2 Å². The molecule has 0 aromatic rings. The largest absolute Gasteiger partial charge is 0.466 e. The highest BCUT2D eigenvalue weighted by Crippen LogP contribution is 2.31. The minimum absolute atomic E-state index is 0.00923. The fourth-order valence-corrected chi connectivity index (χ4v) is 3.46. The summed E-state index contributed by atoms with van der Waals surface area (Å²) >= 11 is 0. The van der Waals surface area contributed by atoms with E-state index in [4.69, 9.17) is 4.74 Å². The van der Waals surface area contributed by atoms with Crippen LogP contribution < -0.4 is 0 Å². The lowest BCUT2D eigenvalue weighted by molar-refractivity contribution is -0.150. The van der Waals surface area contributed by atoms with Gasteiger partial charge in [-0.05, 0) is 39.2 Å². The second-order valence-electron chi connectivity index (χ2n) is 5.67. The molecule has 1 heterocycles. The molecule has 19 heavy (non-hydrogen) atoms. The molecule has 3 atom stereocenters. The number of nitriles is 1. The van der Waals surface area contributed by atoms with Gasteiger partial charge in [-0.25, -0.2) is 0 Å². The Balaban J connectivity index is 1.96. The maximum absolute atomic E-state index is 11.9. The molecule has 3 unspecified atom stereocenters. The Morgan fingerprint density at radius 1 is 1.32 bits per heavy atom. The molecule has 2 fully saturated rings. The molecule has 0 aromatic heterocycles. The molecule has 1 aliphatic heterocycles. The van der Waals surface area contributed by atoms with Crippen molar-refractivity contribution >= 4 is 5.97 Å². The van der Waals surface area contributed by atoms with Crippen LogP contribution in [-0.2, 0) is 9.53 Å². The summed E-state index contributed by atoms with van der Waals surface area (Å²) in [5.41, 5.74) is 0. The first-order valence-corrected chi connectivity index (χ1v) is 7.56. The first kappa shape index (κ1) is 14.3. The predicted molar refractivity (Wildman–Crippen MR) is 72.3 cm³/mol. The van der Waals surface area contributed by atoms with Gasteiger partial charge in [0.15, 0.2) is 0 Å². The maximum Gasteiger partial charge on any atom is 0.310 e. The molecule has 1 aliphatic carbocycles. The Kier molecular flexibility index (Phi) is 5.21. The van der Waals surface area contributed by atoms with Crippen molar-refractivity contribution < 1.29 is 9.53 Å². The number of rotatable bonds is 3. The van der Waals surface area contributed by atoms with Gasteiger partial charge in [0.05, 0.1) is 24.5 Å². The SMILES string of the molecule is CCOC(=O)C1CCCN(C2CCCCC2C#N)C1. The Labute approximate surface area is 115 Å². The van der Waals surface area contributed by atoms with Crippen LogP contribution in [0.3, 0.4) is 0 Å². The quantitative estimate of drug-likeness (QED) is 0.734. The molecule has 0 aromatic carbocycles. The summed E-state index contributed by atoms with van der Waals surface area (Å²) in [4.78, 5) is 14.2. The zero-order valence-electron chi connectivity index (χ0n) is 11.8. The third kappa shape index (κ3) is 3.48. The molecule has 4 nitrogen and oxygen atoms in total. The van der Waals surface area contributed by atoms with E-state index in [1.165, 1.54) is 12.8 Å². The van der Waals surface area contributed by atoms with Crippen LogP contribution in [0.4, 0.5) is 0 Å². The number of carbonyl (C=O) groups is 1. The van der Waals surface area contributed by atoms with Crippen LogP contribution in [0.1, 0.15) is 45.4 Å². The number of nitrogens with zero attached hydrogens (tertiary/aromatic N) is 2. The van der Waals surface area contributed by atoms with E-state index in [0.717, 1.165) is 38.8 Å². The van der Waals surface area contributed by atoms with E-state index in [1.807, 2.05) is 6.92 Å². The number of hydrogen-bond acceptors (Lipinski definition) is 4. The summed E-state index contributed by atoms with van der Waals surface area (Å²) in [7, 11) is 0. The van der Waals surface area contributed by atoms with Crippen molar-refractivity contribution in [3.05, 3.63) is 0 Å². The molecule has 1 saturated carbocycles. The third-order valence-electron chi connectivity index (χ3n) is 4.44. The van der Waals surface area contributed by atoms with Gasteiger partial charge in [-0.3, -0.25) is 9.69 Å². The van der Waals surface area contributed by atoms with Gasteiger partial charge in [0, 0.05) is 12.6 Å². The fourth-order valence-electron chi connectivity index (χ4n) is 3.46. The lowest BCUT2D eigenvalue weighted by Gasteiger charge is -2.41. The van der Waals surface area contributed by atoms with Crippen molar-refractivity contribution in [2.75, 3.05) is 19.7 Å². The highest BCUT2D eigenvalue weighted by atomic mass is 16.5. The maximum atomic E-state index is 11.9. The molecule has 0 amide bonds. The highest BCUT2D eigenvalue weighted by Gasteiger charge is 2.35. The number of likely N-dealkylation sites (tertiary alicyclic amines) is 1. The summed E-state index contributed by atoms with van der Waals surface area (Å²) < 4.78 is 5.14. The van der Waals surface area contributed by atoms with Crippen molar-refractivity contribution in [3.63, 3.8) is 0 Å². The molecule has 0 radical (unpaired) electrons. The lowest BCUT2D eigenvalue weighted by Crippen LogP contribution is -2.48. The summed E-state index contributed by atoms with van der Waals surface area (Å²) in [5, 5.41) is 9.28. The van der Waals surface area contributed by atoms with Crippen molar-refractivity contribution in [1.29, 1.82) is 5.26 Å². The summed E-state index contributed by atoms with van der Waals surface area (Å²) in [6.45, 7) is 4.12. The molecule has 0 N–H and O–H groups in total. The van der Waals surface area contributed by atoms with E-state index in [2.05, 4.69) is 11.0 Å². The smallest absolute Gasteiger partial charge is 0.310 e. The summed E-state index contributed by atoms with van der Waals surface area (Å²) in [6, 6.07) is 2.82. The van der Waals surface area contributed by atoms with Gasteiger partial charge in [0.25, 0.3) is 0 Å². The molecule has 4 heteroatoms. The number of hydrogen-bond donors (Lipinski definition) is 0. The molecule has 2 rings (SSSR count). The molecule has 0 bridgehead atoms. The van der Waals surface area contributed by atoms with Gasteiger partial charge in [-0.15, -0.1) is 0 Å². The van der Waals surface area contributed by atoms with Crippen LogP contribution in [0.5, 0.6) is 0 Å². The molecular weight excluding hydrogens is 240 g/mol. The Bertz CT molecular complexity index is 351. The van der Waals surface area contributed by atoms with E-state index in [-0.39, 0.29) is 17.8 Å². The topological polar surface area (TPSA) is 53.3 Å². The Morgan fingerprint density at radius 2 is 2.11 bits per heavy atom. The van der Waals surface area contributed by atoms with Gasteiger partial charge in [0.1, 0.15) is 0 Å². The minimum Gasteiger partial charge on any atom is -0.466 e. The number of piperidine rings is 1. The van der Waals surface area contributed by atoms with Crippen molar-refractivity contribution in [1.82, 2.24) is 4.90 Å². The van der Waals surface area contributed by atoms with Crippen LogP contribution in [0.25, 0.3) is 0 Å². The van der Waals surface area contributed by atoms with E-state index in [1.54, 1.807) is 0 Å². The van der Waals surface area contributed by atoms with Gasteiger partial charge in [-0.2, -0.15) is 5.26 Å². The van der Waals surface area contributed by atoms with Gasteiger partial charge in [-0.1, -0.05) is 12.8 Å². The standard InChI is InChI=1S/C15H24N2O2/c1-2-19-15(18)13-7-5-9-17(11-13)14-8-4-3-6-12(14)10-16/h12-14H,2-9,11H2,1H3. The first-order chi connectivity index (χ1) is 9.26. The molecule has 2 aliphatic rings. The first-order valence-electron chi connectivity index (χ1n) is 7.56. The van der Waals surface area contributed by atoms with E-state index >= 15 is 0 Å². The lowest BCUT2D eigenvalue weighted by atomic mass is 9.83. The van der Waals surface area contributed by atoms with E-state index in [9.17, 15) is 10.1 Å². The van der Waals surface area contributed by atoms with Crippen LogP contribution in [-0.4, -0.2) is 36.6 Å². The minimum atomic E-state index is -0.0588. The molecule has 0 spiro atoms. The summed E-state index contributed by atoms with van der Waals surface area (Å²) in [5.74, 6) is 0.0983. The van der Waals surface area contributed by atoms with Gasteiger partial charge >= 0.3 is 5.97 Å². The molecule has 106 valence electrons. The van der Waals surface area contributed by atoms with Gasteiger partial charge in [0.2, 0.25) is 0 Å². The van der Waals surface area contributed by atoms with Crippen molar-refractivity contribution in [2.45, 2.75) is 51.5 Å².